The van der Waals surface area contributed by atoms with Crippen molar-refractivity contribution >= 4 is 5.91 Å². The van der Waals surface area contributed by atoms with E-state index in [1.54, 1.807) is 0 Å². The van der Waals surface area contributed by atoms with Gasteiger partial charge in [0.05, 0.1) is 5.92 Å². The van der Waals surface area contributed by atoms with Gasteiger partial charge in [-0.3, -0.25) is 4.79 Å². The summed E-state index contributed by atoms with van der Waals surface area (Å²) in [6.45, 7) is 3.13. The lowest BCUT2D eigenvalue weighted by Gasteiger charge is -2.35. The molecule has 4 heteroatoms. The minimum Gasteiger partial charge on any atom is -0.381 e. The maximum atomic E-state index is 12.8. The first kappa shape index (κ1) is 13.6. The monoisotopic (exact) mass is 274 g/mol. The van der Waals surface area contributed by atoms with Gasteiger partial charge in [0.2, 0.25) is 5.91 Å². The summed E-state index contributed by atoms with van der Waals surface area (Å²) in [4.78, 5) is 14.7. The maximum absolute atomic E-state index is 12.8. The number of rotatable bonds is 2. The topological polar surface area (TPSA) is 41.6 Å². The fraction of sp³-hybridized carbons (Fsp3) is 0.562. The van der Waals surface area contributed by atoms with Crippen molar-refractivity contribution in [3.8, 4) is 0 Å². The number of nitrogens with zero attached hydrogens (tertiary/aromatic N) is 1. The summed E-state index contributed by atoms with van der Waals surface area (Å²) in [5.41, 5.74) is 2.44. The van der Waals surface area contributed by atoms with Gasteiger partial charge in [0.1, 0.15) is 0 Å². The Labute approximate surface area is 120 Å². The molecule has 2 heterocycles. The van der Waals surface area contributed by atoms with E-state index in [4.69, 9.17) is 4.74 Å². The summed E-state index contributed by atoms with van der Waals surface area (Å²) in [7, 11) is 1.94. The highest BCUT2D eigenvalue weighted by molar-refractivity contribution is 5.84. The molecule has 3 rings (SSSR count). The predicted molar refractivity (Wildman–Crippen MR) is 77.5 cm³/mol. The third-order valence-corrected chi connectivity index (χ3v) is 4.48. The Kier molecular flexibility index (Phi) is 4.03. The molecular formula is C16H22N2O2. The highest BCUT2D eigenvalue weighted by Crippen LogP contribution is 2.27. The second-order valence-corrected chi connectivity index (χ2v) is 5.67. The Bertz CT molecular complexity index is 483. The van der Waals surface area contributed by atoms with E-state index in [2.05, 4.69) is 17.4 Å². The highest BCUT2D eigenvalue weighted by atomic mass is 16.5. The van der Waals surface area contributed by atoms with Crippen molar-refractivity contribution in [1.29, 1.82) is 0 Å². The summed E-state index contributed by atoms with van der Waals surface area (Å²) >= 11 is 0. The van der Waals surface area contributed by atoms with Crippen LogP contribution in [-0.2, 0) is 16.1 Å². The van der Waals surface area contributed by atoms with Gasteiger partial charge in [0.15, 0.2) is 0 Å². The molecule has 108 valence electrons. The molecule has 1 unspecified atom stereocenters. The van der Waals surface area contributed by atoms with Crippen molar-refractivity contribution in [3.63, 3.8) is 0 Å². The third kappa shape index (κ3) is 2.58. The molecule has 0 spiro atoms. The molecule has 2 aliphatic rings. The minimum atomic E-state index is -0.0483. The van der Waals surface area contributed by atoms with E-state index < -0.39 is 0 Å². The smallest absolute Gasteiger partial charge is 0.231 e. The standard InChI is InChI=1S/C16H22N2O2/c1-18(13-6-8-20-9-7-13)16(19)15-11-17-10-12-4-2-3-5-14(12)15/h2-5,13,15,17H,6-11H2,1H3. The number of hydrogen-bond donors (Lipinski definition) is 1. The van der Waals surface area contributed by atoms with Crippen LogP contribution in [-0.4, -0.2) is 43.7 Å². The van der Waals surface area contributed by atoms with Crippen LogP contribution >= 0.6 is 0 Å². The van der Waals surface area contributed by atoms with Gasteiger partial charge < -0.3 is 15.0 Å². The first-order valence-electron chi connectivity index (χ1n) is 7.40. The molecule has 1 aromatic carbocycles. The molecule has 2 aliphatic heterocycles. The molecule has 1 atom stereocenters. The van der Waals surface area contributed by atoms with Crippen LogP contribution in [0.2, 0.25) is 0 Å². The number of hydrogen-bond acceptors (Lipinski definition) is 3. The lowest BCUT2D eigenvalue weighted by molar-refractivity contribution is -0.135. The summed E-state index contributed by atoms with van der Waals surface area (Å²) in [6.07, 6.45) is 1.90. The number of amides is 1. The summed E-state index contributed by atoms with van der Waals surface area (Å²) in [6, 6.07) is 8.59. The van der Waals surface area contributed by atoms with Crippen LogP contribution in [0, 0.1) is 0 Å². The lowest BCUT2D eigenvalue weighted by atomic mass is 9.89. The van der Waals surface area contributed by atoms with Gasteiger partial charge in [0, 0.05) is 39.4 Å². The molecule has 4 nitrogen and oxygen atoms in total. The van der Waals surface area contributed by atoms with Crippen LogP contribution in [0.25, 0.3) is 0 Å². The molecule has 1 aromatic rings. The van der Waals surface area contributed by atoms with E-state index in [9.17, 15) is 4.79 Å². The van der Waals surface area contributed by atoms with Crippen molar-refractivity contribution in [2.24, 2.45) is 0 Å². The number of carbonyl (C=O) groups excluding carboxylic acids is 1. The van der Waals surface area contributed by atoms with Crippen molar-refractivity contribution in [2.75, 3.05) is 26.8 Å². The van der Waals surface area contributed by atoms with Gasteiger partial charge in [-0.1, -0.05) is 24.3 Å². The van der Waals surface area contributed by atoms with Crippen LogP contribution in [0.5, 0.6) is 0 Å². The molecule has 1 amide bonds. The first-order valence-corrected chi connectivity index (χ1v) is 7.40. The molecular weight excluding hydrogens is 252 g/mol. The average molecular weight is 274 g/mol. The van der Waals surface area contributed by atoms with Crippen molar-refractivity contribution in [1.82, 2.24) is 10.2 Å². The number of fused-ring (bicyclic) bond motifs is 1. The second kappa shape index (κ2) is 5.94. The van der Waals surface area contributed by atoms with Crippen LogP contribution < -0.4 is 5.32 Å². The van der Waals surface area contributed by atoms with Gasteiger partial charge >= 0.3 is 0 Å². The van der Waals surface area contributed by atoms with E-state index in [-0.39, 0.29) is 11.8 Å². The molecule has 0 aromatic heterocycles. The number of benzene rings is 1. The van der Waals surface area contributed by atoms with Gasteiger partial charge in [-0.2, -0.15) is 0 Å². The van der Waals surface area contributed by atoms with E-state index in [1.807, 2.05) is 24.1 Å². The van der Waals surface area contributed by atoms with Gasteiger partial charge in [-0.25, -0.2) is 0 Å². The zero-order valence-electron chi connectivity index (χ0n) is 12.0. The van der Waals surface area contributed by atoms with Crippen LogP contribution in [0.4, 0.5) is 0 Å². The summed E-state index contributed by atoms with van der Waals surface area (Å²) < 4.78 is 5.38. The van der Waals surface area contributed by atoms with Gasteiger partial charge in [-0.05, 0) is 24.0 Å². The molecule has 0 bridgehead atoms. The van der Waals surface area contributed by atoms with E-state index in [0.717, 1.165) is 39.1 Å². The fourth-order valence-electron chi connectivity index (χ4n) is 3.21. The molecule has 1 N–H and O–H groups in total. The number of carbonyl (C=O) groups is 1. The summed E-state index contributed by atoms with van der Waals surface area (Å²) in [5.74, 6) is 0.185. The quantitative estimate of drug-likeness (QED) is 0.889. The lowest BCUT2D eigenvalue weighted by Crippen LogP contribution is -2.46. The molecule has 20 heavy (non-hydrogen) atoms. The molecule has 0 aliphatic carbocycles. The number of nitrogens with one attached hydrogen (secondary N) is 1. The van der Waals surface area contributed by atoms with E-state index in [1.165, 1.54) is 11.1 Å². The zero-order valence-corrected chi connectivity index (χ0v) is 12.0. The average Bonchev–Trinajstić information content (AvgIpc) is 2.54. The largest absolute Gasteiger partial charge is 0.381 e. The van der Waals surface area contributed by atoms with Gasteiger partial charge in [-0.15, -0.1) is 0 Å². The highest BCUT2D eigenvalue weighted by Gasteiger charge is 2.31. The van der Waals surface area contributed by atoms with Crippen molar-refractivity contribution in [3.05, 3.63) is 35.4 Å². The first-order chi connectivity index (χ1) is 9.77. The van der Waals surface area contributed by atoms with E-state index in [0.29, 0.717) is 6.04 Å². The Balaban J connectivity index is 1.77. The Morgan fingerprint density at radius 3 is 2.85 bits per heavy atom. The minimum absolute atomic E-state index is 0.0483. The second-order valence-electron chi connectivity index (χ2n) is 5.67. The third-order valence-electron chi connectivity index (χ3n) is 4.48. The van der Waals surface area contributed by atoms with Crippen molar-refractivity contribution in [2.45, 2.75) is 31.3 Å². The zero-order chi connectivity index (χ0) is 13.9. The number of ether oxygens (including phenoxy) is 1. The molecule has 0 radical (unpaired) electrons. The van der Waals surface area contributed by atoms with Crippen LogP contribution in [0.15, 0.2) is 24.3 Å². The van der Waals surface area contributed by atoms with E-state index >= 15 is 0 Å². The van der Waals surface area contributed by atoms with Crippen LogP contribution in [0.3, 0.4) is 0 Å². The maximum Gasteiger partial charge on any atom is 0.231 e. The summed E-state index contributed by atoms with van der Waals surface area (Å²) in [5, 5.41) is 3.36. The Morgan fingerprint density at radius 1 is 1.30 bits per heavy atom. The fourth-order valence-corrected chi connectivity index (χ4v) is 3.21. The predicted octanol–water partition coefficient (Wildman–Crippen LogP) is 1.51. The molecule has 1 fully saturated rings. The molecule has 1 saturated heterocycles. The van der Waals surface area contributed by atoms with Crippen LogP contribution in [0.1, 0.15) is 29.9 Å². The SMILES string of the molecule is CN(C(=O)C1CNCc2ccccc21)C1CCOCC1. The Hall–Kier alpha value is -1.39. The van der Waals surface area contributed by atoms with Gasteiger partial charge in [0.25, 0.3) is 0 Å². The Morgan fingerprint density at radius 2 is 2.05 bits per heavy atom. The molecule has 0 saturated carbocycles. The normalized spacial score (nSPS) is 23.1. The number of likely N-dealkylation sites (N-methyl/N-ethyl adjacent to an activating group) is 1. The van der Waals surface area contributed by atoms with Crippen molar-refractivity contribution < 1.29 is 9.53 Å².